The Hall–Kier alpha value is -1.55. The van der Waals surface area contributed by atoms with Crippen molar-refractivity contribution < 1.29 is 9.90 Å². The fourth-order valence-corrected chi connectivity index (χ4v) is 1.73. The number of rotatable bonds is 4. The number of amides is 1. The van der Waals surface area contributed by atoms with Gasteiger partial charge in [0, 0.05) is 23.9 Å². The molecule has 0 radical (unpaired) electrons. The number of aliphatic hydroxyl groups excluding tert-OH is 1. The van der Waals surface area contributed by atoms with Crippen molar-refractivity contribution in [2.45, 2.75) is 33.2 Å². The number of nitrogens with one attached hydrogen (secondary N) is 1. The Morgan fingerprint density at radius 2 is 1.89 bits per heavy atom. The van der Waals surface area contributed by atoms with Crippen molar-refractivity contribution >= 4 is 11.6 Å². The molecule has 4 N–H and O–H groups in total. The highest BCUT2D eigenvalue weighted by atomic mass is 16.3. The minimum Gasteiger partial charge on any atom is -0.399 e. The number of nitrogens with two attached hydrogens (primary N) is 1. The van der Waals surface area contributed by atoms with Crippen molar-refractivity contribution in [1.29, 1.82) is 0 Å². The van der Waals surface area contributed by atoms with Gasteiger partial charge in [-0.2, -0.15) is 0 Å². The van der Waals surface area contributed by atoms with Crippen LogP contribution in [0.25, 0.3) is 0 Å². The van der Waals surface area contributed by atoms with E-state index in [0.29, 0.717) is 17.7 Å². The highest BCUT2D eigenvalue weighted by molar-refractivity contribution is 5.94. The summed E-state index contributed by atoms with van der Waals surface area (Å²) in [5.74, 6) is -0.136. The minimum atomic E-state index is -0.136. The summed E-state index contributed by atoms with van der Waals surface area (Å²) >= 11 is 0. The molecule has 1 atom stereocenters. The van der Waals surface area contributed by atoms with Gasteiger partial charge in [-0.15, -0.1) is 0 Å². The summed E-state index contributed by atoms with van der Waals surface area (Å²) in [6, 6.07) is 6.74. The maximum Gasteiger partial charge on any atom is 0.251 e. The van der Waals surface area contributed by atoms with Gasteiger partial charge in [0.25, 0.3) is 5.91 Å². The van der Waals surface area contributed by atoms with Crippen LogP contribution in [0.15, 0.2) is 24.3 Å². The smallest absolute Gasteiger partial charge is 0.251 e. The molecule has 1 amide bonds. The first-order chi connectivity index (χ1) is 8.34. The Balaban J connectivity index is 2.75. The van der Waals surface area contributed by atoms with Gasteiger partial charge in [0.1, 0.15) is 0 Å². The molecule has 0 aromatic heterocycles. The number of anilines is 1. The molecule has 100 valence electrons. The van der Waals surface area contributed by atoms with Crippen molar-refractivity contribution in [1.82, 2.24) is 5.32 Å². The summed E-state index contributed by atoms with van der Waals surface area (Å²) in [6.07, 6.45) is 0.546. The predicted molar refractivity (Wildman–Crippen MR) is 73.3 cm³/mol. The molecule has 1 rings (SSSR count). The molecule has 0 aliphatic heterocycles. The zero-order valence-corrected chi connectivity index (χ0v) is 11.2. The van der Waals surface area contributed by atoms with Crippen LogP contribution >= 0.6 is 0 Å². The van der Waals surface area contributed by atoms with Crippen molar-refractivity contribution in [3.63, 3.8) is 0 Å². The number of carbonyl (C=O) groups is 1. The predicted octanol–water partition coefficient (Wildman–Crippen LogP) is 1.80. The first kappa shape index (κ1) is 14.5. The van der Waals surface area contributed by atoms with Gasteiger partial charge in [0.05, 0.1) is 0 Å². The quantitative estimate of drug-likeness (QED) is 0.713. The first-order valence-corrected chi connectivity index (χ1v) is 6.12. The van der Waals surface area contributed by atoms with E-state index in [4.69, 9.17) is 10.8 Å². The Morgan fingerprint density at radius 1 is 1.33 bits per heavy atom. The third-order valence-electron chi connectivity index (χ3n) is 2.94. The molecule has 4 nitrogen and oxygen atoms in total. The minimum absolute atomic E-state index is 0.0595. The van der Waals surface area contributed by atoms with Crippen LogP contribution in [-0.2, 0) is 0 Å². The van der Waals surface area contributed by atoms with E-state index in [-0.39, 0.29) is 24.0 Å². The topological polar surface area (TPSA) is 75.3 Å². The van der Waals surface area contributed by atoms with Crippen LogP contribution in [-0.4, -0.2) is 23.7 Å². The van der Waals surface area contributed by atoms with E-state index in [2.05, 4.69) is 5.32 Å². The Labute approximate surface area is 108 Å². The van der Waals surface area contributed by atoms with Crippen molar-refractivity contribution in [3.05, 3.63) is 29.8 Å². The van der Waals surface area contributed by atoms with E-state index in [0.717, 1.165) is 0 Å². The number of hydrogen-bond acceptors (Lipinski definition) is 3. The van der Waals surface area contributed by atoms with Gasteiger partial charge in [-0.05, 0) is 36.1 Å². The van der Waals surface area contributed by atoms with Gasteiger partial charge in [-0.25, -0.2) is 0 Å². The monoisotopic (exact) mass is 250 g/mol. The second-order valence-electron chi connectivity index (χ2n) is 5.53. The summed E-state index contributed by atoms with van der Waals surface area (Å²) in [5, 5.41) is 12.0. The average molecular weight is 250 g/mol. The highest BCUT2D eigenvalue weighted by Gasteiger charge is 2.25. The van der Waals surface area contributed by atoms with Gasteiger partial charge in [-0.1, -0.05) is 20.8 Å². The van der Waals surface area contributed by atoms with Gasteiger partial charge in [-0.3, -0.25) is 4.79 Å². The standard InChI is InChI=1S/C14H22N2O2/c1-14(2,3)12(8-9-17)16-13(18)10-4-6-11(15)7-5-10/h4-7,12,17H,8-9,15H2,1-3H3,(H,16,18). The van der Waals surface area contributed by atoms with Crippen molar-refractivity contribution in [2.24, 2.45) is 5.41 Å². The van der Waals surface area contributed by atoms with Gasteiger partial charge in [0.15, 0.2) is 0 Å². The Morgan fingerprint density at radius 3 is 2.33 bits per heavy atom. The number of benzene rings is 1. The molecule has 0 aliphatic rings. The summed E-state index contributed by atoms with van der Waals surface area (Å²) in [6.45, 7) is 6.17. The summed E-state index contributed by atoms with van der Waals surface area (Å²) < 4.78 is 0. The lowest BCUT2D eigenvalue weighted by molar-refractivity contribution is 0.0885. The maximum absolute atomic E-state index is 12.1. The van der Waals surface area contributed by atoms with Crippen LogP contribution in [0.3, 0.4) is 0 Å². The van der Waals surface area contributed by atoms with Gasteiger partial charge < -0.3 is 16.2 Å². The van der Waals surface area contributed by atoms with Crippen LogP contribution in [0.4, 0.5) is 5.69 Å². The highest BCUT2D eigenvalue weighted by Crippen LogP contribution is 2.22. The van der Waals surface area contributed by atoms with E-state index < -0.39 is 0 Å². The maximum atomic E-state index is 12.1. The van der Waals surface area contributed by atoms with E-state index >= 15 is 0 Å². The van der Waals surface area contributed by atoms with Crippen LogP contribution < -0.4 is 11.1 Å². The lowest BCUT2D eigenvalue weighted by atomic mass is 9.85. The van der Waals surface area contributed by atoms with Crippen LogP contribution in [0.2, 0.25) is 0 Å². The number of hydrogen-bond donors (Lipinski definition) is 3. The molecule has 1 aromatic rings. The van der Waals surface area contributed by atoms with Gasteiger partial charge in [0.2, 0.25) is 0 Å². The third kappa shape index (κ3) is 4.04. The van der Waals surface area contributed by atoms with E-state index in [1.807, 2.05) is 20.8 Å². The molecule has 0 saturated carbocycles. The fraction of sp³-hybridized carbons (Fsp3) is 0.500. The molecule has 18 heavy (non-hydrogen) atoms. The molecule has 0 fully saturated rings. The average Bonchev–Trinajstić information content (AvgIpc) is 2.28. The SMILES string of the molecule is CC(C)(C)C(CCO)NC(=O)c1ccc(N)cc1. The van der Waals surface area contributed by atoms with E-state index in [1.165, 1.54) is 0 Å². The van der Waals surface area contributed by atoms with E-state index in [1.54, 1.807) is 24.3 Å². The molecule has 0 heterocycles. The molecule has 4 heteroatoms. The molecule has 0 spiro atoms. The number of aliphatic hydroxyl groups is 1. The molecule has 0 aliphatic carbocycles. The summed E-state index contributed by atoms with van der Waals surface area (Å²) in [4.78, 5) is 12.1. The molecule has 1 aromatic carbocycles. The second-order valence-corrected chi connectivity index (χ2v) is 5.53. The summed E-state index contributed by atoms with van der Waals surface area (Å²) in [5.41, 5.74) is 6.70. The van der Waals surface area contributed by atoms with Crippen LogP contribution in [0.5, 0.6) is 0 Å². The molecule has 1 unspecified atom stereocenters. The number of nitrogen functional groups attached to an aromatic ring is 1. The molecule has 0 saturated heterocycles. The van der Waals surface area contributed by atoms with Crippen LogP contribution in [0, 0.1) is 5.41 Å². The van der Waals surface area contributed by atoms with E-state index in [9.17, 15) is 4.79 Å². The van der Waals surface area contributed by atoms with Gasteiger partial charge >= 0.3 is 0 Å². The largest absolute Gasteiger partial charge is 0.399 e. The summed E-state index contributed by atoms with van der Waals surface area (Å²) in [7, 11) is 0. The number of carbonyl (C=O) groups excluding carboxylic acids is 1. The van der Waals surface area contributed by atoms with Crippen molar-refractivity contribution in [2.75, 3.05) is 12.3 Å². The molecular formula is C14H22N2O2. The van der Waals surface area contributed by atoms with Crippen molar-refractivity contribution in [3.8, 4) is 0 Å². The first-order valence-electron chi connectivity index (χ1n) is 6.12. The lowest BCUT2D eigenvalue weighted by Gasteiger charge is -2.31. The Bertz CT molecular complexity index is 393. The second kappa shape index (κ2) is 5.87. The molecule has 0 bridgehead atoms. The Kier molecular flexibility index (Phi) is 4.73. The zero-order chi connectivity index (χ0) is 13.8. The fourth-order valence-electron chi connectivity index (χ4n) is 1.73. The lowest BCUT2D eigenvalue weighted by Crippen LogP contribution is -2.44. The zero-order valence-electron chi connectivity index (χ0n) is 11.2. The van der Waals surface area contributed by atoms with Crippen LogP contribution in [0.1, 0.15) is 37.6 Å². The normalized spacial score (nSPS) is 13.1. The third-order valence-corrected chi connectivity index (χ3v) is 2.94. The molecular weight excluding hydrogens is 228 g/mol.